The summed E-state index contributed by atoms with van der Waals surface area (Å²) in [5, 5.41) is 20.3. The summed E-state index contributed by atoms with van der Waals surface area (Å²) in [6.45, 7) is 6.45. The summed E-state index contributed by atoms with van der Waals surface area (Å²) >= 11 is 0. The van der Waals surface area contributed by atoms with E-state index in [1.165, 1.54) is 0 Å². The first-order valence-corrected chi connectivity index (χ1v) is 8.15. The van der Waals surface area contributed by atoms with E-state index in [1.807, 2.05) is 31.2 Å². The molecular formula is C18H30O3. The molecule has 0 aromatic heterocycles. The molecule has 0 saturated carbocycles. The molecule has 1 aromatic carbocycles. The number of hydrogen-bond acceptors (Lipinski definition) is 3. The van der Waals surface area contributed by atoms with Crippen molar-refractivity contribution in [3.8, 4) is 5.75 Å². The predicted octanol–water partition coefficient (Wildman–Crippen LogP) is 3.71. The van der Waals surface area contributed by atoms with E-state index in [2.05, 4.69) is 13.8 Å². The second-order valence-electron chi connectivity index (χ2n) is 5.93. The van der Waals surface area contributed by atoms with Crippen molar-refractivity contribution in [3.05, 3.63) is 29.8 Å². The van der Waals surface area contributed by atoms with E-state index in [0.29, 0.717) is 13.0 Å². The Balaban J connectivity index is 2.63. The largest absolute Gasteiger partial charge is 0.491 e. The molecule has 21 heavy (non-hydrogen) atoms. The van der Waals surface area contributed by atoms with Gasteiger partial charge in [-0.05, 0) is 43.4 Å². The lowest BCUT2D eigenvalue weighted by Crippen LogP contribution is -2.35. The standard InChI is InChI=1S/C18H30O3/c1-4-10-18(20,11-5-2)14-21-17-9-7-8-15(13-17)12-16(19)6-3/h7-9,13,16,19-20H,4-6,10-12,14H2,1-3H3/t16-/m0/s1. The van der Waals surface area contributed by atoms with Gasteiger partial charge in [0.05, 0.1) is 11.7 Å². The van der Waals surface area contributed by atoms with Gasteiger partial charge in [0.25, 0.3) is 0 Å². The Hall–Kier alpha value is -1.06. The Morgan fingerprint density at radius 3 is 2.38 bits per heavy atom. The minimum Gasteiger partial charge on any atom is -0.491 e. The molecule has 0 radical (unpaired) electrons. The number of rotatable bonds is 10. The smallest absolute Gasteiger partial charge is 0.119 e. The third-order valence-electron chi connectivity index (χ3n) is 3.78. The molecule has 0 amide bonds. The molecular weight excluding hydrogens is 264 g/mol. The molecule has 3 heteroatoms. The quantitative estimate of drug-likeness (QED) is 0.691. The van der Waals surface area contributed by atoms with Crippen molar-refractivity contribution in [2.75, 3.05) is 6.61 Å². The SMILES string of the molecule is CCCC(O)(CCC)COc1cccc(C[C@@H](O)CC)c1. The summed E-state index contributed by atoms with van der Waals surface area (Å²) in [6, 6.07) is 7.79. The Bertz CT molecular complexity index is 397. The number of benzene rings is 1. The highest BCUT2D eigenvalue weighted by Gasteiger charge is 2.25. The normalized spacial score (nSPS) is 13.2. The second-order valence-corrected chi connectivity index (χ2v) is 5.93. The lowest BCUT2D eigenvalue weighted by atomic mass is 9.94. The number of aliphatic hydroxyl groups excluding tert-OH is 1. The molecule has 1 rings (SSSR count). The fourth-order valence-electron chi connectivity index (χ4n) is 2.60. The predicted molar refractivity (Wildman–Crippen MR) is 86.7 cm³/mol. The molecule has 1 atom stereocenters. The average molecular weight is 294 g/mol. The fourth-order valence-corrected chi connectivity index (χ4v) is 2.60. The van der Waals surface area contributed by atoms with Crippen LogP contribution in [0.5, 0.6) is 5.75 Å². The molecule has 120 valence electrons. The number of ether oxygens (including phenoxy) is 1. The van der Waals surface area contributed by atoms with Crippen molar-refractivity contribution >= 4 is 0 Å². The van der Waals surface area contributed by atoms with Crippen LogP contribution in [0.25, 0.3) is 0 Å². The first-order chi connectivity index (χ1) is 10.0. The first-order valence-electron chi connectivity index (χ1n) is 8.15. The van der Waals surface area contributed by atoms with Crippen LogP contribution in [0.15, 0.2) is 24.3 Å². The van der Waals surface area contributed by atoms with Crippen LogP contribution >= 0.6 is 0 Å². The topological polar surface area (TPSA) is 49.7 Å². The summed E-state index contributed by atoms with van der Waals surface area (Å²) in [5.41, 5.74) is 0.332. The van der Waals surface area contributed by atoms with Gasteiger partial charge in [-0.25, -0.2) is 0 Å². The molecule has 0 heterocycles. The van der Waals surface area contributed by atoms with E-state index < -0.39 is 5.60 Å². The summed E-state index contributed by atoms with van der Waals surface area (Å²) in [4.78, 5) is 0. The van der Waals surface area contributed by atoms with Gasteiger partial charge in [-0.15, -0.1) is 0 Å². The minimum absolute atomic E-state index is 0.308. The van der Waals surface area contributed by atoms with Crippen molar-refractivity contribution in [2.24, 2.45) is 0 Å². The highest BCUT2D eigenvalue weighted by molar-refractivity contribution is 5.29. The first kappa shape index (κ1) is 18.0. The van der Waals surface area contributed by atoms with Crippen molar-refractivity contribution in [3.63, 3.8) is 0 Å². The maximum atomic E-state index is 10.6. The Morgan fingerprint density at radius 2 is 1.81 bits per heavy atom. The van der Waals surface area contributed by atoms with Crippen LogP contribution in [0, 0.1) is 0 Å². The molecule has 0 spiro atoms. The zero-order valence-corrected chi connectivity index (χ0v) is 13.6. The van der Waals surface area contributed by atoms with Gasteiger partial charge >= 0.3 is 0 Å². The van der Waals surface area contributed by atoms with Crippen molar-refractivity contribution in [1.82, 2.24) is 0 Å². The van der Waals surface area contributed by atoms with Crippen molar-refractivity contribution < 1.29 is 14.9 Å². The van der Waals surface area contributed by atoms with Crippen LogP contribution in [0.4, 0.5) is 0 Å². The van der Waals surface area contributed by atoms with Gasteiger partial charge < -0.3 is 14.9 Å². The van der Waals surface area contributed by atoms with E-state index in [0.717, 1.165) is 43.4 Å². The van der Waals surface area contributed by atoms with Crippen LogP contribution in [0.1, 0.15) is 58.4 Å². The number of aliphatic hydroxyl groups is 2. The molecule has 2 N–H and O–H groups in total. The van der Waals surface area contributed by atoms with E-state index in [9.17, 15) is 10.2 Å². The van der Waals surface area contributed by atoms with Crippen LogP contribution in [0.3, 0.4) is 0 Å². The van der Waals surface area contributed by atoms with Gasteiger partial charge in [0, 0.05) is 0 Å². The van der Waals surface area contributed by atoms with Crippen molar-refractivity contribution in [1.29, 1.82) is 0 Å². The second kappa shape index (κ2) is 9.06. The molecule has 0 aliphatic carbocycles. The van der Waals surface area contributed by atoms with Gasteiger partial charge in [0.2, 0.25) is 0 Å². The van der Waals surface area contributed by atoms with Crippen LogP contribution in [0.2, 0.25) is 0 Å². The van der Waals surface area contributed by atoms with Gasteiger partial charge in [-0.1, -0.05) is 45.7 Å². The molecule has 0 aliphatic rings. The Kier molecular flexibility index (Phi) is 7.76. The lowest BCUT2D eigenvalue weighted by Gasteiger charge is -2.27. The fraction of sp³-hybridized carbons (Fsp3) is 0.667. The Morgan fingerprint density at radius 1 is 1.14 bits per heavy atom. The molecule has 0 bridgehead atoms. The molecule has 0 fully saturated rings. The van der Waals surface area contributed by atoms with Gasteiger partial charge in [0.15, 0.2) is 0 Å². The van der Waals surface area contributed by atoms with E-state index in [4.69, 9.17) is 4.74 Å². The van der Waals surface area contributed by atoms with Crippen LogP contribution < -0.4 is 4.74 Å². The van der Waals surface area contributed by atoms with E-state index in [1.54, 1.807) is 0 Å². The van der Waals surface area contributed by atoms with E-state index >= 15 is 0 Å². The average Bonchev–Trinajstić information content (AvgIpc) is 2.46. The zero-order valence-electron chi connectivity index (χ0n) is 13.6. The highest BCUT2D eigenvalue weighted by atomic mass is 16.5. The van der Waals surface area contributed by atoms with Crippen molar-refractivity contribution in [2.45, 2.75) is 71.0 Å². The molecule has 0 aliphatic heterocycles. The van der Waals surface area contributed by atoms with Gasteiger partial charge in [-0.2, -0.15) is 0 Å². The third kappa shape index (κ3) is 6.49. The zero-order chi connectivity index (χ0) is 15.7. The molecule has 3 nitrogen and oxygen atoms in total. The molecule has 0 unspecified atom stereocenters. The maximum Gasteiger partial charge on any atom is 0.119 e. The monoisotopic (exact) mass is 294 g/mol. The summed E-state index contributed by atoms with van der Waals surface area (Å²) < 4.78 is 5.80. The summed E-state index contributed by atoms with van der Waals surface area (Å²) in [7, 11) is 0. The van der Waals surface area contributed by atoms with Gasteiger partial charge in [0.1, 0.15) is 12.4 Å². The lowest BCUT2D eigenvalue weighted by molar-refractivity contribution is -0.0202. The summed E-state index contributed by atoms with van der Waals surface area (Å²) in [6.07, 6.45) is 4.49. The highest BCUT2D eigenvalue weighted by Crippen LogP contribution is 2.22. The number of hydrogen-bond donors (Lipinski definition) is 2. The van der Waals surface area contributed by atoms with Gasteiger partial charge in [-0.3, -0.25) is 0 Å². The van der Waals surface area contributed by atoms with Crippen LogP contribution in [-0.2, 0) is 6.42 Å². The molecule has 1 aromatic rings. The summed E-state index contributed by atoms with van der Waals surface area (Å²) in [5.74, 6) is 0.765. The maximum absolute atomic E-state index is 10.6. The third-order valence-corrected chi connectivity index (χ3v) is 3.78. The van der Waals surface area contributed by atoms with Crippen LogP contribution in [-0.4, -0.2) is 28.5 Å². The minimum atomic E-state index is -0.734. The molecule has 0 saturated heterocycles. The van der Waals surface area contributed by atoms with E-state index in [-0.39, 0.29) is 6.10 Å². The Labute approximate surface area is 129 Å².